The number of hydrogen-bond donors (Lipinski definition) is 0. The van der Waals surface area contributed by atoms with Crippen molar-refractivity contribution in [1.82, 2.24) is 4.98 Å². The fourth-order valence-corrected chi connectivity index (χ4v) is 1.09. The maximum absolute atomic E-state index is 4.16. The third-order valence-electron chi connectivity index (χ3n) is 1.01. The van der Waals surface area contributed by atoms with Gasteiger partial charge >= 0.3 is 0 Å². The van der Waals surface area contributed by atoms with Crippen molar-refractivity contribution in [1.29, 1.82) is 0 Å². The fourth-order valence-electron chi connectivity index (χ4n) is 0.570. The Kier molecular flexibility index (Phi) is 3.09. The molecule has 10 heavy (non-hydrogen) atoms. The quantitative estimate of drug-likeness (QED) is 0.611. The average Bonchev–Trinajstić information content (AvgIpc) is 2.41. The Morgan fingerprint density at radius 1 is 1.80 bits per heavy atom. The van der Waals surface area contributed by atoms with Crippen LogP contribution in [0.1, 0.15) is 18.4 Å². The van der Waals surface area contributed by atoms with Crippen molar-refractivity contribution in [2.24, 2.45) is 4.99 Å². The van der Waals surface area contributed by atoms with Gasteiger partial charge in [0.2, 0.25) is 0 Å². The third kappa shape index (κ3) is 2.27. The van der Waals surface area contributed by atoms with Crippen molar-refractivity contribution in [3.63, 3.8) is 0 Å². The maximum atomic E-state index is 4.16. The molecule has 0 radical (unpaired) electrons. The maximum Gasteiger partial charge on any atom is 0.133 e. The van der Waals surface area contributed by atoms with Crippen LogP contribution < -0.4 is 0 Å². The summed E-state index contributed by atoms with van der Waals surface area (Å²) in [7, 11) is 0. The van der Waals surface area contributed by atoms with Gasteiger partial charge in [-0.3, -0.25) is 4.99 Å². The molecule has 3 heteroatoms. The molecule has 0 fully saturated rings. The molecule has 0 saturated heterocycles. The summed E-state index contributed by atoms with van der Waals surface area (Å²) >= 11 is 1.61. The van der Waals surface area contributed by atoms with E-state index in [0.29, 0.717) is 0 Å². The minimum Gasteiger partial charge on any atom is -0.290 e. The Labute approximate surface area is 64.6 Å². The van der Waals surface area contributed by atoms with E-state index in [1.165, 1.54) is 0 Å². The fraction of sp³-hybridized carbons (Fsp3) is 0.429. The van der Waals surface area contributed by atoms with Gasteiger partial charge in [0.1, 0.15) is 5.01 Å². The van der Waals surface area contributed by atoms with Gasteiger partial charge in [-0.05, 0) is 6.42 Å². The Balaban J connectivity index is 2.40. The van der Waals surface area contributed by atoms with Gasteiger partial charge in [0.15, 0.2) is 0 Å². The predicted molar refractivity (Wildman–Crippen MR) is 44.9 cm³/mol. The summed E-state index contributed by atoms with van der Waals surface area (Å²) in [5, 5.41) is 2.95. The minimum absolute atomic E-state index is 0.902. The van der Waals surface area contributed by atoms with Crippen LogP contribution in [0, 0.1) is 0 Å². The molecule has 0 N–H and O–H groups in total. The van der Waals surface area contributed by atoms with E-state index >= 15 is 0 Å². The molecule has 0 unspecified atom stereocenters. The molecule has 0 saturated carbocycles. The highest BCUT2D eigenvalue weighted by Gasteiger charge is 1.85. The highest BCUT2D eigenvalue weighted by atomic mass is 32.1. The molecule has 0 aliphatic rings. The minimum atomic E-state index is 0.902. The van der Waals surface area contributed by atoms with Crippen LogP contribution >= 0.6 is 11.3 Å². The molecule has 0 atom stereocenters. The molecule has 1 heterocycles. The van der Waals surface area contributed by atoms with Crippen LogP contribution in [0.15, 0.2) is 16.6 Å². The van der Waals surface area contributed by atoms with Crippen LogP contribution in [0.2, 0.25) is 0 Å². The highest BCUT2D eigenvalue weighted by molar-refractivity contribution is 7.11. The third-order valence-corrected chi connectivity index (χ3v) is 1.72. The number of nitrogens with zero attached hydrogens (tertiary/aromatic N) is 2. The molecule has 2 nitrogen and oxygen atoms in total. The second-order valence-electron chi connectivity index (χ2n) is 1.91. The first-order valence-electron chi connectivity index (χ1n) is 3.33. The number of rotatable bonds is 3. The van der Waals surface area contributed by atoms with E-state index in [9.17, 15) is 0 Å². The second-order valence-corrected chi connectivity index (χ2v) is 2.83. The van der Waals surface area contributed by atoms with E-state index < -0.39 is 0 Å². The van der Waals surface area contributed by atoms with Crippen LogP contribution in [0.5, 0.6) is 0 Å². The lowest BCUT2D eigenvalue weighted by molar-refractivity contribution is 0.936. The van der Waals surface area contributed by atoms with Crippen LogP contribution in [-0.2, 0) is 0 Å². The van der Waals surface area contributed by atoms with E-state index in [1.807, 2.05) is 11.6 Å². The second kappa shape index (κ2) is 4.17. The van der Waals surface area contributed by atoms with E-state index in [1.54, 1.807) is 17.5 Å². The number of aromatic nitrogens is 1. The summed E-state index contributed by atoms with van der Waals surface area (Å²) in [5.74, 6) is 0. The van der Waals surface area contributed by atoms with Crippen LogP contribution in [-0.4, -0.2) is 17.7 Å². The molecular weight excluding hydrogens is 144 g/mol. The smallest absolute Gasteiger partial charge is 0.133 e. The molecule has 0 amide bonds. The largest absolute Gasteiger partial charge is 0.290 e. The number of aliphatic imine (C=N–C) groups is 1. The van der Waals surface area contributed by atoms with E-state index in [-0.39, 0.29) is 0 Å². The molecule has 0 aliphatic heterocycles. The van der Waals surface area contributed by atoms with Crippen molar-refractivity contribution >= 4 is 17.6 Å². The summed E-state index contributed by atoms with van der Waals surface area (Å²) in [5.41, 5.74) is 0. The summed E-state index contributed by atoms with van der Waals surface area (Å²) in [6.07, 6.45) is 4.72. The molecular formula is C7H10N2S. The van der Waals surface area contributed by atoms with E-state index in [2.05, 4.69) is 16.9 Å². The van der Waals surface area contributed by atoms with Gasteiger partial charge in [-0.1, -0.05) is 6.92 Å². The van der Waals surface area contributed by atoms with Crippen molar-refractivity contribution in [3.05, 3.63) is 16.6 Å². The zero-order valence-electron chi connectivity index (χ0n) is 5.95. The van der Waals surface area contributed by atoms with Gasteiger partial charge < -0.3 is 0 Å². The predicted octanol–water partition coefficient (Wildman–Crippen LogP) is 1.97. The SMILES string of the molecule is CCCN=Cc1nccs1. The standard InChI is InChI=1S/C7H10N2S/c1-2-3-8-6-7-9-4-5-10-7/h4-6H,2-3H2,1H3. The summed E-state index contributed by atoms with van der Waals surface area (Å²) < 4.78 is 0. The molecule has 0 aromatic carbocycles. The monoisotopic (exact) mass is 154 g/mol. The molecule has 0 spiro atoms. The molecule has 1 rings (SSSR count). The molecule has 0 aliphatic carbocycles. The first-order chi connectivity index (χ1) is 4.93. The lowest BCUT2D eigenvalue weighted by atomic mass is 10.5. The number of hydrogen-bond acceptors (Lipinski definition) is 3. The van der Waals surface area contributed by atoms with E-state index in [4.69, 9.17) is 0 Å². The highest BCUT2D eigenvalue weighted by Crippen LogP contribution is 1.99. The van der Waals surface area contributed by atoms with Gasteiger partial charge in [0, 0.05) is 18.1 Å². The summed E-state index contributed by atoms with van der Waals surface area (Å²) in [4.78, 5) is 8.21. The van der Waals surface area contributed by atoms with Crippen LogP contribution in [0.4, 0.5) is 0 Å². The summed E-state index contributed by atoms with van der Waals surface area (Å²) in [6, 6.07) is 0. The van der Waals surface area contributed by atoms with Gasteiger partial charge in [0.25, 0.3) is 0 Å². The van der Waals surface area contributed by atoms with Crippen molar-refractivity contribution in [2.45, 2.75) is 13.3 Å². The van der Waals surface area contributed by atoms with Crippen molar-refractivity contribution in [2.75, 3.05) is 6.54 Å². The van der Waals surface area contributed by atoms with Crippen LogP contribution in [0.3, 0.4) is 0 Å². The average molecular weight is 154 g/mol. The lowest BCUT2D eigenvalue weighted by Gasteiger charge is -1.82. The van der Waals surface area contributed by atoms with Crippen molar-refractivity contribution in [3.8, 4) is 0 Å². The first-order valence-corrected chi connectivity index (χ1v) is 4.20. The Morgan fingerprint density at radius 2 is 2.70 bits per heavy atom. The Hall–Kier alpha value is -0.700. The molecule has 1 aromatic rings. The van der Waals surface area contributed by atoms with Crippen LogP contribution in [0.25, 0.3) is 0 Å². The summed E-state index contributed by atoms with van der Waals surface area (Å²) in [6.45, 7) is 3.01. The normalized spacial score (nSPS) is 10.9. The lowest BCUT2D eigenvalue weighted by Crippen LogP contribution is -1.80. The molecule has 1 aromatic heterocycles. The van der Waals surface area contributed by atoms with E-state index in [0.717, 1.165) is 18.0 Å². The zero-order chi connectivity index (χ0) is 7.23. The van der Waals surface area contributed by atoms with Gasteiger partial charge in [-0.25, -0.2) is 4.98 Å². The number of thiazole rings is 1. The van der Waals surface area contributed by atoms with Gasteiger partial charge in [-0.15, -0.1) is 11.3 Å². The topological polar surface area (TPSA) is 25.2 Å². The zero-order valence-corrected chi connectivity index (χ0v) is 6.77. The van der Waals surface area contributed by atoms with Crippen molar-refractivity contribution < 1.29 is 0 Å². The van der Waals surface area contributed by atoms with Gasteiger partial charge in [-0.2, -0.15) is 0 Å². The van der Waals surface area contributed by atoms with Gasteiger partial charge in [0.05, 0.1) is 6.21 Å². The first kappa shape index (κ1) is 7.41. The molecule has 0 bridgehead atoms. The Bertz CT molecular complexity index is 191. The molecule has 54 valence electrons. The Morgan fingerprint density at radius 3 is 3.30 bits per heavy atom.